The van der Waals surface area contributed by atoms with Crippen molar-refractivity contribution in [3.63, 3.8) is 0 Å². The quantitative estimate of drug-likeness (QED) is 0.282. The van der Waals surface area contributed by atoms with E-state index in [4.69, 9.17) is 21.3 Å². The van der Waals surface area contributed by atoms with Crippen molar-refractivity contribution in [2.45, 2.75) is 45.3 Å². The number of carbonyl (C=O) groups excluding carboxylic acids is 1. The normalized spacial score (nSPS) is 15.7. The third kappa shape index (κ3) is 5.04. The molecule has 222 valence electrons. The average Bonchev–Trinajstić information content (AvgIpc) is 3.32. The van der Waals surface area contributed by atoms with Gasteiger partial charge in [-0.25, -0.2) is 9.37 Å². The van der Waals surface area contributed by atoms with Crippen LogP contribution < -0.4 is 10.3 Å². The van der Waals surface area contributed by atoms with Crippen molar-refractivity contribution in [1.29, 1.82) is 0 Å². The van der Waals surface area contributed by atoms with Gasteiger partial charge in [0.15, 0.2) is 5.75 Å². The highest BCUT2D eigenvalue weighted by Gasteiger charge is 2.36. The summed E-state index contributed by atoms with van der Waals surface area (Å²) in [5, 5.41) is 10.8. The maximum atomic E-state index is 15.6. The molecule has 1 saturated heterocycles. The van der Waals surface area contributed by atoms with Crippen molar-refractivity contribution in [3.05, 3.63) is 81.9 Å². The molecule has 11 heteroatoms. The molecular weight excluding hydrogens is 573 g/mol. The number of aliphatic hydroxyl groups excluding tert-OH is 1. The molecule has 1 fully saturated rings. The maximum Gasteiger partial charge on any atom is 0.293 e. The summed E-state index contributed by atoms with van der Waals surface area (Å²) in [6.07, 6.45) is 3.57. The molecule has 0 unspecified atom stereocenters. The first-order valence-corrected chi connectivity index (χ1v) is 14.4. The fraction of sp³-hybridized carbons (Fsp3) is 0.312. The predicted molar refractivity (Wildman–Crippen MR) is 163 cm³/mol. The Morgan fingerprint density at radius 1 is 1.14 bits per heavy atom. The highest BCUT2D eigenvalue weighted by atomic mass is 35.5. The summed E-state index contributed by atoms with van der Waals surface area (Å²) in [5.41, 5.74) is 2.09. The Morgan fingerprint density at radius 2 is 1.88 bits per heavy atom. The lowest BCUT2D eigenvalue weighted by atomic mass is 9.88. The van der Waals surface area contributed by atoms with Gasteiger partial charge in [-0.15, -0.1) is 0 Å². The molecule has 1 aliphatic rings. The van der Waals surface area contributed by atoms with Crippen LogP contribution in [0.1, 0.15) is 32.5 Å². The molecule has 1 amide bonds. The van der Waals surface area contributed by atoms with E-state index < -0.39 is 11.9 Å². The SMILES string of the molecule is Cc1nc2cnc3cc(F)c(-c4ccc(Oc5cccn(C)c5=O)cc4Cl)cc3c2n1C1(C)CCN(C(=O)[C@H](C)O)CC1. The number of piperidine rings is 1. The molecule has 3 aromatic heterocycles. The lowest BCUT2D eigenvalue weighted by molar-refractivity contribution is -0.141. The van der Waals surface area contributed by atoms with Gasteiger partial charge in [-0.05, 0) is 63.9 Å². The standard InChI is InChI=1S/C32H31ClFN5O4/c1-18(40)30(41)38-12-9-32(3,10-13-38)39-19(2)36-27-17-35-26-16-25(34)22(15-23(26)29(27)39)21-8-7-20(14-24(21)33)43-28-6-5-11-37(4)31(28)42/h5-8,11,14-18,40H,9-10,12-13H2,1-4H3/t18-/m0/s1. The molecule has 6 rings (SSSR count). The molecular formula is C32H31ClFN5O4. The van der Waals surface area contributed by atoms with Crippen molar-refractivity contribution in [2.24, 2.45) is 7.05 Å². The van der Waals surface area contributed by atoms with Crippen LogP contribution in [0, 0.1) is 12.7 Å². The lowest BCUT2D eigenvalue weighted by Crippen LogP contribution is -2.49. The lowest BCUT2D eigenvalue weighted by Gasteiger charge is -2.41. The first kappa shape index (κ1) is 28.8. The number of aryl methyl sites for hydroxylation is 2. The first-order chi connectivity index (χ1) is 20.5. The first-order valence-electron chi connectivity index (χ1n) is 14.0. The minimum absolute atomic E-state index is 0.150. The Labute approximate surface area is 252 Å². The highest BCUT2D eigenvalue weighted by Crippen LogP contribution is 2.40. The number of aromatic nitrogens is 4. The van der Waals surface area contributed by atoms with Gasteiger partial charge >= 0.3 is 0 Å². The fourth-order valence-corrected chi connectivity index (χ4v) is 6.28. The van der Waals surface area contributed by atoms with Crippen molar-refractivity contribution >= 4 is 39.4 Å². The van der Waals surface area contributed by atoms with Crippen LogP contribution in [0.5, 0.6) is 11.5 Å². The van der Waals surface area contributed by atoms with E-state index in [1.54, 1.807) is 60.7 Å². The number of halogens is 2. The van der Waals surface area contributed by atoms with E-state index in [0.717, 1.165) is 16.7 Å². The molecule has 0 radical (unpaired) electrons. The number of imidazole rings is 1. The zero-order valence-corrected chi connectivity index (χ0v) is 25.0. The van der Waals surface area contributed by atoms with E-state index in [2.05, 4.69) is 16.5 Å². The molecule has 1 atom stereocenters. The van der Waals surface area contributed by atoms with Crippen molar-refractivity contribution in [1.82, 2.24) is 24.0 Å². The van der Waals surface area contributed by atoms with Crippen molar-refractivity contribution in [3.8, 4) is 22.6 Å². The number of fused-ring (bicyclic) bond motifs is 3. The van der Waals surface area contributed by atoms with Crippen molar-refractivity contribution < 1.29 is 19.0 Å². The van der Waals surface area contributed by atoms with E-state index in [9.17, 15) is 14.7 Å². The summed E-state index contributed by atoms with van der Waals surface area (Å²) >= 11 is 6.67. The summed E-state index contributed by atoms with van der Waals surface area (Å²) in [5.74, 6) is 0.538. The Morgan fingerprint density at radius 3 is 2.58 bits per heavy atom. The third-order valence-corrected chi connectivity index (χ3v) is 8.65. The minimum Gasteiger partial charge on any atom is -0.452 e. The molecule has 0 bridgehead atoms. The van der Waals surface area contributed by atoms with E-state index in [1.807, 2.05) is 6.92 Å². The number of hydrogen-bond acceptors (Lipinski definition) is 6. The van der Waals surface area contributed by atoms with E-state index in [1.165, 1.54) is 17.6 Å². The topological polar surface area (TPSA) is 102 Å². The summed E-state index contributed by atoms with van der Waals surface area (Å²) in [6, 6.07) is 11.3. The second kappa shape index (κ2) is 10.8. The Bertz CT molecular complexity index is 1960. The van der Waals surface area contributed by atoms with Gasteiger partial charge in [0.2, 0.25) is 0 Å². The molecule has 0 spiro atoms. The highest BCUT2D eigenvalue weighted by molar-refractivity contribution is 6.33. The summed E-state index contributed by atoms with van der Waals surface area (Å²) in [4.78, 5) is 35.8. The maximum absolute atomic E-state index is 15.6. The molecule has 0 saturated carbocycles. The van der Waals surface area contributed by atoms with E-state index in [0.29, 0.717) is 53.8 Å². The average molecular weight is 604 g/mol. The van der Waals surface area contributed by atoms with Crippen LogP contribution in [0.4, 0.5) is 4.39 Å². The molecule has 4 heterocycles. The number of rotatable bonds is 5. The van der Waals surface area contributed by atoms with Gasteiger partial charge in [-0.2, -0.15) is 0 Å². The van der Waals surface area contributed by atoms with Crippen LogP contribution in [0.3, 0.4) is 0 Å². The molecule has 9 nitrogen and oxygen atoms in total. The second-order valence-corrected chi connectivity index (χ2v) is 11.8. The van der Waals surface area contributed by atoms with Crippen LogP contribution in [0.2, 0.25) is 5.02 Å². The number of aliphatic hydroxyl groups is 1. The molecule has 5 aromatic rings. The summed E-state index contributed by atoms with van der Waals surface area (Å²) in [7, 11) is 1.63. The zero-order valence-electron chi connectivity index (χ0n) is 24.3. The zero-order chi connectivity index (χ0) is 30.6. The second-order valence-electron chi connectivity index (χ2n) is 11.4. The molecule has 0 aliphatic carbocycles. The van der Waals surface area contributed by atoms with Gasteiger partial charge in [0.05, 0.1) is 22.3 Å². The number of benzene rings is 2. The number of ether oxygens (including phenoxy) is 1. The van der Waals surface area contributed by atoms with Crippen LogP contribution in [-0.4, -0.2) is 54.2 Å². The van der Waals surface area contributed by atoms with Gasteiger partial charge in [-0.3, -0.25) is 14.6 Å². The Kier molecular flexibility index (Phi) is 7.22. The largest absolute Gasteiger partial charge is 0.452 e. The molecule has 1 N–H and O–H groups in total. The number of amides is 1. The van der Waals surface area contributed by atoms with Crippen LogP contribution in [-0.2, 0) is 17.4 Å². The molecule has 1 aliphatic heterocycles. The summed E-state index contributed by atoms with van der Waals surface area (Å²) in [6.45, 7) is 6.56. The van der Waals surface area contributed by atoms with Crippen LogP contribution >= 0.6 is 11.6 Å². The van der Waals surface area contributed by atoms with Crippen LogP contribution in [0.25, 0.3) is 33.1 Å². The van der Waals surface area contributed by atoms with E-state index in [-0.39, 0.29) is 27.8 Å². The van der Waals surface area contributed by atoms with Crippen molar-refractivity contribution in [2.75, 3.05) is 13.1 Å². The van der Waals surface area contributed by atoms with Gasteiger partial charge in [-0.1, -0.05) is 11.6 Å². The number of pyridine rings is 2. The number of hydrogen-bond donors (Lipinski definition) is 1. The Hall–Kier alpha value is -4.28. The predicted octanol–water partition coefficient (Wildman–Crippen LogP) is 5.56. The monoisotopic (exact) mass is 603 g/mol. The van der Waals surface area contributed by atoms with Gasteiger partial charge < -0.3 is 23.9 Å². The Balaban J connectivity index is 1.42. The molecule has 2 aromatic carbocycles. The number of likely N-dealkylation sites (tertiary alicyclic amines) is 1. The third-order valence-electron chi connectivity index (χ3n) is 8.33. The van der Waals surface area contributed by atoms with Crippen LogP contribution in [0.15, 0.2) is 59.7 Å². The van der Waals surface area contributed by atoms with Gasteiger partial charge in [0.25, 0.3) is 11.5 Å². The van der Waals surface area contributed by atoms with Gasteiger partial charge in [0.1, 0.15) is 29.0 Å². The summed E-state index contributed by atoms with van der Waals surface area (Å²) < 4.78 is 25.0. The van der Waals surface area contributed by atoms with Gasteiger partial charge in [0, 0.05) is 60.5 Å². The van der Waals surface area contributed by atoms with E-state index >= 15 is 4.39 Å². The number of carbonyl (C=O) groups is 1. The molecule has 43 heavy (non-hydrogen) atoms. The minimum atomic E-state index is -1.04. The fourth-order valence-electron chi connectivity index (χ4n) is 6.01. The smallest absolute Gasteiger partial charge is 0.293 e. The number of nitrogens with zero attached hydrogens (tertiary/aromatic N) is 5.